The number of hydrogen-bond donors (Lipinski definition) is 1. The number of carboxylic acids is 1. The molecule has 2 amide bonds. The molecule has 0 aliphatic carbocycles. The molecule has 2 heterocycles. The summed E-state index contributed by atoms with van der Waals surface area (Å²) < 4.78 is 5.23. The van der Waals surface area contributed by atoms with Crippen molar-refractivity contribution in [1.29, 1.82) is 0 Å². The fourth-order valence-electron chi connectivity index (χ4n) is 2.43. The second kappa shape index (κ2) is 4.97. The number of furan rings is 1. The number of hydrogen-bond acceptors (Lipinski definition) is 3. The standard InChI is InChI=1S/C15H14N2O4/c1-16-8-10-4-2-3-5-12(10)17(15(16)20)9-11-6-7-13(21-11)14(18)19/h2-7H,8-9H2,1H3,(H,18,19). The van der Waals surface area contributed by atoms with Gasteiger partial charge in [0.2, 0.25) is 5.76 Å². The van der Waals surface area contributed by atoms with Crippen molar-refractivity contribution in [1.82, 2.24) is 4.90 Å². The second-order valence-corrected chi connectivity index (χ2v) is 4.92. The van der Waals surface area contributed by atoms with Crippen LogP contribution in [0.25, 0.3) is 0 Å². The SMILES string of the molecule is CN1Cc2ccccc2N(Cc2ccc(C(=O)O)o2)C1=O. The first kappa shape index (κ1) is 13.2. The summed E-state index contributed by atoms with van der Waals surface area (Å²) in [5.41, 5.74) is 1.87. The van der Waals surface area contributed by atoms with Crippen LogP contribution in [0.5, 0.6) is 0 Å². The number of anilines is 1. The zero-order valence-corrected chi connectivity index (χ0v) is 11.4. The molecule has 0 saturated heterocycles. The molecule has 0 fully saturated rings. The Balaban J connectivity index is 1.92. The number of carboxylic acid groups (broad SMARTS) is 1. The van der Waals surface area contributed by atoms with E-state index in [1.807, 2.05) is 24.3 Å². The van der Waals surface area contributed by atoms with Crippen LogP contribution >= 0.6 is 0 Å². The van der Waals surface area contributed by atoms with E-state index in [9.17, 15) is 9.59 Å². The Morgan fingerprint density at radius 2 is 2.05 bits per heavy atom. The molecule has 1 aliphatic rings. The van der Waals surface area contributed by atoms with Crippen molar-refractivity contribution in [2.75, 3.05) is 11.9 Å². The summed E-state index contributed by atoms with van der Waals surface area (Å²) in [4.78, 5) is 26.4. The number of carbonyl (C=O) groups is 2. The van der Waals surface area contributed by atoms with Gasteiger partial charge < -0.3 is 14.4 Å². The first-order valence-electron chi connectivity index (χ1n) is 6.49. The van der Waals surface area contributed by atoms with E-state index in [-0.39, 0.29) is 18.3 Å². The molecule has 0 unspecified atom stereocenters. The first-order valence-corrected chi connectivity index (χ1v) is 6.49. The molecule has 1 N–H and O–H groups in total. The average molecular weight is 286 g/mol. The van der Waals surface area contributed by atoms with Gasteiger partial charge in [-0.15, -0.1) is 0 Å². The topological polar surface area (TPSA) is 74.0 Å². The molecule has 2 aromatic rings. The fourth-order valence-corrected chi connectivity index (χ4v) is 2.43. The van der Waals surface area contributed by atoms with Crippen LogP contribution in [0.2, 0.25) is 0 Å². The summed E-state index contributed by atoms with van der Waals surface area (Å²) in [6.45, 7) is 0.761. The molecule has 0 radical (unpaired) electrons. The smallest absolute Gasteiger partial charge is 0.371 e. The van der Waals surface area contributed by atoms with E-state index in [2.05, 4.69) is 0 Å². The van der Waals surface area contributed by atoms with Gasteiger partial charge in [-0.25, -0.2) is 9.59 Å². The Labute approximate surface area is 121 Å². The Hall–Kier alpha value is -2.76. The Morgan fingerprint density at radius 3 is 2.76 bits per heavy atom. The highest BCUT2D eigenvalue weighted by Crippen LogP contribution is 2.29. The lowest BCUT2D eigenvalue weighted by molar-refractivity contribution is 0.0660. The second-order valence-electron chi connectivity index (χ2n) is 4.92. The van der Waals surface area contributed by atoms with Crippen molar-refractivity contribution < 1.29 is 19.1 Å². The fraction of sp³-hybridized carbons (Fsp3) is 0.200. The lowest BCUT2D eigenvalue weighted by Gasteiger charge is -2.34. The van der Waals surface area contributed by atoms with Crippen molar-refractivity contribution in [3.05, 3.63) is 53.5 Å². The number of carbonyl (C=O) groups excluding carboxylic acids is 1. The highest BCUT2D eigenvalue weighted by atomic mass is 16.4. The van der Waals surface area contributed by atoms with E-state index >= 15 is 0 Å². The maximum Gasteiger partial charge on any atom is 0.371 e. The summed E-state index contributed by atoms with van der Waals surface area (Å²) in [5, 5.41) is 8.87. The predicted molar refractivity (Wildman–Crippen MR) is 75.2 cm³/mol. The van der Waals surface area contributed by atoms with Gasteiger partial charge >= 0.3 is 12.0 Å². The summed E-state index contributed by atoms with van der Waals surface area (Å²) in [6.07, 6.45) is 0. The summed E-state index contributed by atoms with van der Waals surface area (Å²) >= 11 is 0. The summed E-state index contributed by atoms with van der Waals surface area (Å²) in [7, 11) is 1.73. The van der Waals surface area contributed by atoms with Crippen LogP contribution in [0.4, 0.5) is 10.5 Å². The van der Waals surface area contributed by atoms with Crippen molar-refractivity contribution in [2.45, 2.75) is 13.1 Å². The van der Waals surface area contributed by atoms with Gasteiger partial charge in [0.05, 0.1) is 12.2 Å². The third-order valence-corrected chi connectivity index (χ3v) is 3.43. The molecule has 6 nitrogen and oxygen atoms in total. The lowest BCUT2D eigenvalue weighted by Crippen LogP contribution is -2.44. The lowest BCUT2D eigenvalue weighted by atomic mass is 10.1. The largest absolute Gasteiger partial charge is 0.475 e. The monoisotopic (exact) mass is 286 g/mol. The number of urea groups is 1. The number of para-hydroxylation sites is 1. The number of benzene rings is 1. The number of fused-ring (bicyclic) bond motifs is 1. The molecule has 21 heavy (non-hydrogen) atoms. The predicted octanol–water partition coefficient (Wildman–Crippen LogP) is 2.55. The maximum atomic E-state index is 12.3. The van der Waals surface area contributed by atoms with Crippen molar-refractivity contribution in [3.63, 3.8) is 0 Å². The maximum absolute atomic E-state index is 12.3. The van der Waals surface area contributed by atoms with Crippen LogP contribution in [-0.4, -0.2) is 29.1 Å². The highest BCUT2D eigenvalue weighted by Gasteiger charge is 2.28. The molecule has 0 saturated carbocycles. The average Bonchev–Trinajstić information content (AvgIpc) is 2.93. The summed E-state index contributed by atoms with van der Waals surface area (Å²) in [5.74, 6) is -0.814. The molecular formula is C15H14N2O4. The van der Waals surface area contributed by atoms with E-state index in [0.717, 1.165) is 11.3 Å². The van der Waals surface area contributed by atoms with E-state index in [0.29, 0.717) is 12.3 Å². The molecule has 1 aliphatic heterocycles. The third kappa shape index (κ3) is 2.35. The Kier molecular flexibility index (Phi) is 3.13. The molecule has 3 rings (SSSR count). The van der Waals surface area contributed by atoms with Crippen molar-refractivity contribution >= 4 is 17.7 Å². The van der Waals surface area contributed by atoms with E-state index in [4.69, 9.17) is 9.52 Å². The third-order valence-electron chi connectivity index (χ3n) is 3.43. The van der Waals surface area contributed by atoms with Crippen LogP contribution in [0.1, 0.15) is 21.9 Å². The van der Waals surface area contributed by atoms with Crippen LogP contribution in [0.15, 0.2) is 40.8 Å². The minimum atomic E-state index is -1.12. The molecule has 1 aromatic heterocycles. The zero-order chi connectivity index (χ0) is 15.0. The van der Waals surface area contributed by atoms with Gasteiger partial charge in [0.15, 0.2) is 0 Å². The highest BCUT2D eigenvalue weighted by molar-refractivity contribution is 5.94. The molecule has 0 spiro atoms. The first-order chi connectivity index (χ1) is 10.1. The van der Waals surface area contributed by atoms with Crippen molar-refractivity contribution in [3.8, 4) is 0 Å². The van der Waals surface area contributed by atoms with Crippen molar-refractivity contribution in [2.24, 2.45) is 0 Å². The number of nitrogens with zero attached hydrogens (tertiary/aromatic N) is 2. The van der Waals surface area contributed by atoms with Gasteiger partial charge in [0.25, 0.3) is 0 Å². The van der Waals surface area contributed by atoms with Gasteiger partial charge in [0, 0.05) is 13.6 Å². The van der Waals surface area contributed by atoms with E-state index < -0.39 is 5.97 Å². The van der Waals surface area contributed by atoms with E-state index in [1.165, 1.54) is 6.07 Å². The minimum absolute atomic E-state index is 0.129. The molecule has 1 aromatic carbocycles. The molecule has 0 atom stereocenters. The normalized spacial score (nSPS) is 14.2. The number of aromatic carboxylic acids is 1. The zero-order valence-electron chi connectivity index (χ0n) is 11.4. The molecular weight excluding hydrogens is 272 g/mol. The van der Waals surface area contributed by atoms with Gasteiger partial charge in [-0.3, -0.25) is 4.90 Å². The summed E-state index contributed by atoms with van der Waals surface area (Å²) in [6, 6.07) is 10.5. The van der Waals surface area contributed by atoms with Crippen LogP contribution in [0, 0.1) is 0 Å². The number of amides is 2. The number of rotatable bonds is 3. The Morgan fingerprint density at radius 1 is 1.29 bits per heavy atom. The van der Waals surface area contributed by atoms with Crippen LogP contribution in [0.3, 0.4) is 0 Å². The molecule has 0 bridgehead atoms. The quantitative estimate of drug-likeness (QED) is 0.941. The van der Waals surface area contributed by atoms with Crippen LogP contribution in [-0.2, 0) is 13.1 Å². The van der Waals surface area contributed by atoms with Crippen LogP contribution < -0.4 is 4.90 Å². The van der Waals surface area contributed by atoms with Gasteiger partial charge in [-0.1, -0.05) is 18.2 Å². The van der Waals surface area contributed by atoms with Gasteiger partial charge in [0.1, 0.15) is 5.76 Å². The van der Waals surface area contributed by atoms with Gasteiger partial charge in [-0.2, -0.15) is 0 Å². The van der Waals surface area contributed by atoms with Gasteiger partial charge in [-0.05, 0) is 23.8 Å². The molecule has 108 valence electrons. The minimum Gasteiger partial charge on any atom is -0.475 e. The Bertz CT molecular complexity index is 707. The molecule has 6 heteroatoms. The van der Waals surface area contributed by atoms with E-state index in [1.54, 1.807) is 22.9 Å².